The van der Waals surface area contributed by atoms with Crippen LogP contribution in [0.4, 0.5) is 0 Å². The second-order valence-corrected chi connectivity index (χ2v) is 5.53. The summed E-state index contributed by atoms with van der Waals surface area (Å²) in [6.45, 7) is 0.553. The van der Waals surface area contributed by atoms with Crippen molar-refractivity contribution >= 4 is 17.7 Å². The lowest BCUT2D eigenvalue weighted by molar-refractivity contribution is -0.120. The van der Waals surface area contributed by atoms with E-state index in [1.54, 1.807) is 18.9 Å². The molecule has 0 radical (unpaired) electrons. The minimum absolute atomic E-state index is 0.0113. The lowest BCUT2D eigenvalue weighted by atomic mass is 10.1. The van der Waals surface area contributed by atoms with E-state index in [0.29, 0.717) is 13.0 Å². The molecule has 0 aliphatic carbocycles. The van der Waals surface area contributed by atoms with Gasteiger partial charge in [-0.05, 0) is 41.6 Å². The molecule has 1 amide bonds. The van der Waals surface area contributed by atoms with Crippen molar-refractivity contribution in [3.05, 3.63) is 59.7 Å². The highest BCUT2D eigenvalue weighted by Crippen LogP contribution is 2.15. The molecule has 0 saturated heterocycles. The van der Waals surface area contributed by atoms with Crippen LogP contribution in [0.5, 0.6) is 5.75 Å². The average Bonchev–Trinajstić information content (AvgIpc) is 2.53. The summed E-state index contributed by atoms with van der Waals surface area (Å²) < 4.78 is 5.15. The van der Waals surface area contributed by atoms with Crippen LogP contribution in [0.15, 0.2) is 53.4 Å². The summed E-state index contributed by atoms with van der Waals surface area (Å²) >= 11 is 1.71. The smallest absolute Gasteiger partial charge is 0.224 e. The molecule has 21 heavy (non-hydrogen) atoms. The van der Waals surface area contributed by atoms with E-state index in [4.69, 9.17) is 4.74 Å². The molecule has 2 aromatic rings. The molecular formula is C17H19NO2S. The highest BCUT2D eigenvalue weighted by atomic mass is 32.2. The Bertz CT molecular complexity index is 596. The summed E-state index contributed by atoms with van der Waals surface area (Å²) in [5.41, 5.74) is 2.05. The van der Waals surface area contributed by atoms with Crippen molar-refractivity contribution in [3.8, 4) is 5.75 Å². The van der Waals surface area contributed by atoms with E-state index in [1.165, 1.54) is 4.90 Å². The second kappa shape index (κ2) is 7.74. The normalized spacial score (nSPS) is 10.2. The molecule has 0 saturated carbocycles. The minimum Gasteiger partial charge on any atom is -0.497 e. The Balaban J connectivity index is 1.86. The number of rotatable bonds is 6. The molecule has 1 N–H and O–H groups in total. The number of benzene rings is 2. The second-order valence-electron chi connectivity index (χ2n) is 4.65. The van der Waals surface area contributed by atoms with Gasteiger partial charge in [0.2, 0.25) is 5.91 Å². The zero-order valence-electron chi connectivity index (χ0n) is 12.3. The van der Waals surface area contributed by atoms with Crippen LogP contribution in [-0.4, -0.2) is 19.3 Å². The van der Waals surface area contributed by atoms with Crippen LogP contribution in [0, 0.1) is 0 Å². The molecular weight excluding hydrogens is 282 g/mol. The van der Waals surface area contributed by atoms with E-state index in [1.807, 2.05) is 42.7 Å². The first-order valence-electron chi connectivity index (χ1n) is 6.74. The maximum absolute atomic E-state index is 12.0. The zero-order valence-corrected chi connectivity index (χ0v) is 13.1. The summed E-state index contributed by atoms with van der Waals surface area (Å²) in [7, 11) is 1.62. The largest absolute Gasteiger partial charge is 0.497 e. The average molecular weight is 301 g/mol. The fourth-order valence-electron chi connectivity index (χ4n) is 1.97. The topological polar surface area (TPSA) is 38.3 Å². The van der Waals surface area contributed by atoms with Gasteiger partial charge in [-0.15, -0.1) is 11.8 Å². The number of hydrogen-bond acceptors (Lipinski definition) is 3. The third-order valence-electron chi connectivity index (χ3n) is 3.15. The molecule has 2 rings (SSSR count). The number of ether oxygens (including phenoxy) is 1. The first-order valence-corrected chi connectivity index (χ1v) is 7.96. The highest BCUT2D eigenvalue weighted by molar-refractivity contribution is 7.98. The molecule has 3 nitrogen and oxygen atoms in total. The van der Waals surface area contributed by atoms with Crippen LogP contribution in [0.1, 0.15) is 11.1 Å². The number of methoxy groups -OCH3 is 1. The number of amides is 1. The summed E-state index contributed by atoms with van der Waals surface area (Å²) in [5.74, 6) is 0.783. The quantitative estimate of drug-likeness (QED) is 0.832. The molecule has 0 unspecified atom stereocenters. The van der Waals surface area contributed by atoms with Gasteiger partial charge in [0.15, 0.2) is 0 Å². The fraction of sp³-hybridized carbons (Fsp3) is 0.235. The van der Waals surface area contributed by atoms with Gasteiger partial charge in [0, 0.05) is 11.4 Å². The summed E-state index contributed by atoms with van der Waals surface area (Å²) in [6.07, 6.45) is 2.41. The molecule has 0 atom stereocenters. The monoisotopic (exact) mass is 301 g/mol. The van der Waals surface area contributed by atoms with E-state index in [-0.39, 0.29) is 5.91 Å². The van der Waals surface area contributed by atoms with E-state index < -0.39 is 0 Å². The van der Waals surface area contributed by atoms with Crippen LogP contribution in [0.25, 0.3) is 0 Å². The maximum Gasteiger partial charge on any atom is 0.224 e. The van der Waals surface area contributed by atoms with Crippen molar-refractivity contribution in [2.75, 3.05) is 13.4 Å². The first-order chi connectivity index (χ1) is 10.2. The molecule has 0 aliphatic heterocycles. The Kier molecular flexibility index (Phi) is 5.69. The molecule has 2 aromatic carbocycles. The van der Waals surface area contributed by atoms with E-state index in [9.17, 15) is 4.79 Å². The molecule has 0 aromatic heterocycles. The number of carbonyl (C=O) groups excluding carboxylic acids is 1. The van der Waals surface area contributed by atoms with E-state index in [2.05, 4.69) is 17.4 Å². The SMILES string of the molecule is COc1cccc(CC(=O)NCc2ccc(SC)cc2)c1. The first kappa shape index (κ1) is 15.4. The zero-order chi connectivity index (χ0) is 15.1. The Hall–Kier alpha value is -1.94. The lowest BCUT2D eigenvalue weighted by Crippen LogP contribution is -2.24. The molecule has 0 bridgehead atoms. The lowest BCUT2D eigenvalue weighted by Gasteiger charge is -2.07. The molecule has 4 heteroatoms. The van der Waals surface area contributed by atoms with Gasteiger partial charge in [0.1, 0.15) is 5.75 Å². The summed E-state index contributed by atoms with van der Waals surface area (Å²) in [6, 6.07) is 15.8. The molecule has 0 aliphatic rings. The van der Waals surface area contributed by atoms with Crippen molar-refractivity contribution in [3.63, 3.8) is 0 Å². The predicted octanol–water partition coefficient (Wildman–Crippen LogP) is 3.28. The summed E-state index contributed by atoms with van der Waals surface area (Å²) in [5, 5.41) is 2.94. The van der Waals surface area contributed by atoms with Crippen LogP contribution in [-0.2, 0) is 17.8 Å². The van der Waals surface area contributed by atoms with Crippen molar-refractivity contribution in [2.24, 2.45) is 0 Å². The Morgan fingerprint density at radius 1 is 1.14 bits per heavy atom. The van der Waals surface area contributed by atoms with Gasteiger partial charge in [-0.2, -0.15) is 0 Å². The van der Waals surface area contributed by atoms with Gasteiger partial charge < -0.3 is 10.1 Å². The van der Waals surface area contributed by atoms with Crippen molar-refractivity contribution in [1.82, 2.24) is 5.32 Å². The van der Waals surface area contributed by atoms with Crippen molar-refractivity contribution in [2.45, 2.75) is 17.9 Å². The van der Waals surface area contributed by atoms with Crippen LogP contribution in [0.3, 0.4) is 0 Å². The maximum atomic E-state index is 12.0. The Labute approximate surface area is 129 Å². The number of thioether (sulfide) groups is 1. The van der Waals surface area contributed by atoms with Gasteiger partial charge in [-0.25, -0.2) is 0 Å². The van der Waals surface area contributed by atoms with Crippen LogP contribution in [0.2, 0.25) is 0 Å². The van der Waals surface area contributed by atoms with Gasteiger partial charge in [0.05, 0.1) is 13.5 Å². The molecule has 0 spiro atoms. The van der Waals surface area contributed by atoms with Crippen LogP contribution < -0.4 is 10.1 Å². The van der Waals surface area contributed by atoms with Crippen LogP contribution >= 0.6 is 11.8 Å². The minimum atomic E-state index is 0.0113. The summed E-state index contributed by atoms with van der Waals surface area (Å²) in [4.78, 5) is 13.2. The van der Waals surface area contributed by atoms with Gasteiger partial charge >= 0.3 is 0 Å². The number of nitrogens with one attached hydrogen (secondary N) is 1. The fourth-order valence-corrected chi connectivity index (χ4v) is 2.38. The van der Waals surface area contributed by atoms with E-state index >= 15 is 0 Å². The van der Waals surface area contributed by atoms with Gasteiger partial charge in [0.25, 0.3) is 0 Å². The number of hydrogen-bond donors (Lipinski definition) is 1. The molecule has 0 heterocycles. The Morgan fingerprint density at radius 3 is 2.57 bits per heavy atom. The standard InChI is InChI=1S/C17H19NO2S/c1-20-15-5-3-4-14(10-15)11-17(19)18-12-13-6-8-16(21-2)9-7-13/h3-10H,11-12H2,1-2H3,(H,18,19). The highest BCUT2D eigenvalue weighted by Gasteiger charge is 2.04. The van der Waals surface area contributed by atoms with Crippen molar-refractivity contribution in [1.29, 1.82) is 0 Å². The third-order valence-corrected chi connectivity index (χ3v) is 3.89. The van der Waals surface area contributed by atoms with Gasteiger partial charge in [-0.1, -0.05) is 24.3 Å². The third kappa shape index (κ3) is 4.83. The van der Waals surface area contributed by atoms with E-state index in [0.717, 1.165) is 16.9 Å². The molecule has 110 valence electrons. The Morgan fingerprint density at radius 2 is 1.90 bits per heavy atom. The number of carbonyl (C=O) groups is 1. The molecule has 0 fully saturated rings. The predicted molar refractivity (Wildman–Crippen MR) is 86.8 cm³/mol. The van der Waals surface area contributed by atoms with Gasteiger partial charge in [-0.3, -0.25) is 4.79 Å². The van der Waals surface area contributed by atoms with Crippen molar-refractivity contribution < 1.29 is 9.53 Å².